The topological polar surface area (TPSA) is 124 Å². The number of unbranched alkanes of at least 4 members (excludes halogenated alkanes) is 10. The molecule has 8 nitrogen and oxygen atoms in total. The molecule has 0 bridgehead atoms. The second-order valence-electron chi connectivity index (χ2n) is 9.27. The SMILES string of the molecule is CCCCCCCCCC(CCCCCCC)C(=O)NCC(=O)N[C@@H](Cc1cnc[nH]1)C(=O)O. The van der Waals surface area contributed by atoms with E-state index in [9.17, 15) is 19.5 Å². The van der Waals surface area contributed by atoms with Crippen molar-refractivity contribution in [3.05, 3.63) is 18.2 Å². The van der Waals surface area contributed by atoms with E-state index >= 15 is 0 Å². The molecule has 2 atom stereocenters. The van der Waals surface area contributed by atoms with Crippen molar-refractivity contribution in [2.24, 2.45) is 5.92 Å². The summed E-state index contributed by atoms with van der Waals surface area (Å²) in [6.45, 7) is 4.19. The van der Waals surface area contributed by atoms with Crippen molar-refractivity contribution in [1.82, 2.24) is 20.6 Å². The Bertz CT molecular complexity index is 678. The lowest BCUT2D eigenvalue weighted by Gasteiger charge is -2.18. The van der Waals surface area contributed by atoms with Gasteiger partial charge in [0.1, 0.15) is 6.04 Å². The van der Waals surface area contributed by atoms with Gasteiger partial charge in [-0.2, -0.15) is 0 Å². The van der Waals surface area contributed by atoms with Crippen LogP contribution < -0.4 is 10.6 Å². The predicted molar refractivity (Wildman–Crippen MR) is 134 cm³/mol. The smallest absolute Gasteiger partial charge is 0.326 e. The Morgan fingerprint density at radius 3 is 1.97 bits per heavy atom. The first-order valence-corrected chi connectivity index (χ1v) is 13.2. The lowest BCUT2D eigenvalue weighted by molar-refractivity contribution is -0.141. The minimum Gasteiger partial charge on any atom is -0.480 e. The third-order valence-corrected chi connectivity index (χ3v) is 6.22. The van der Waals surface area contributed by atoms with Gasteiger partial charge in [0.25, 0.3) is 0 Å². The van der Waals surface area contributed by atoms with Gasteiger partial charge in [-0.1, -0.05) is 90.9 Å². The fourth-order valence-electron chi connectivity index (χ4n) is 4.12. The molecule has 1 heterocycles. The number of aromatic nitrogens is 2. The van der Waals surface area contributed by atoms with Gasteiger partial charge in [0.15, 0.2) is 0 Å². The van der Waals surface area contributed by atoms with Crippen LogP contribution in [0.2, 0.25) is 0 Å². The number of hydrogen-bond acceptors (Lipinski definition) is 4. The molecule has 8 heteroatoms. The van der Waals surface area contributed by atoms with Crippen molar-refractivity contribution in [2.75, 3.05) is 6.54 Å². The summed E-state index contributed by atoms with van der Waals surface area (Å²) in [6, 6.07) is -1.08. The summed E-state index contributed by atoms with van der Waals surface area (Å²) in [7, 11) is 0. The molecule has 4 N–H and O–H groups in total. The number of rotatable bonds is 21. The van der Waals surface area contributed by atoms with Crippen molar-refractivity contribution in [3.63, 3.8) is 0 Å². The second kappa shape index (κ2) is 19.0. The molecular weight excluding hydrogens is 432 g/mol. The van der Waals surface area contributed by atoms with Crippen molar-refractivity contribution in [3.8, 4) is 0 Å². The van der Waals surface area contributed by atoms with Crippen molar-refractivity contribution in [1.29, 1.82) is 0 Å². The maximum Gasteiger partial charge on any atom is 0.326 e. The Labute approximate surface area is 205 Å². The Kier molecular flexibility index (Phi) is 16.6. The molecule has 0 aliphatic heterocycles. The first-order valence-electron chi connectivity index (χ1n) is 13.2. The first kappa shape index (κ1) is 29.7. The van der Waals surface area contributed by atoms with Gasteiger partial charge < -0.3 is 20.7 Å². The molecule has 34 heavy (non-hydrogen) atoms. The molecule has 1 aromatic rings. The van der Waals surface area contributed by atoms with Gasteiger partial charge in [0.2, 0.25) is 11.8 Å². The highest BCUT2D eigenvalue weighted by atomic mass is 16.4. The fraction of sp³-hybridized carbons (Fsp3) is 0.769. The number of nitrogens with zero attached hydrogens (tertiary/aromatic N) is 1. The maximum atomic E-state index is 12.8. The summed E-state index contributed by atoms with van der Waals surface area (Å²) in [5.74, 6) is -1.82. The first-order chi connectivity index (χ1) is 16.5. The number of carboxylic acids is 1. The summed E-state index contributed by atoms with van der Waals surface area (Å²) in [4.78, 5) is 43.3. The van der Waals surface area contributed by atoms with Crippen LogP contribution in [0.3, 0.4) is 0 Å². The number of carboxylic acid groups (broad SMARTS) is 1. The third kappa shape index (κ3) is 14.0. The average molecular weight is 479 g/mol. The monoisotopic (exact) mass is 478 g/mol. The molecule has 0 fully saturated rings. The molecule has 1 unspecified atom stereocenters. The van der Waals surface area contributed by atoms with Crippen molar-refractivity contribution >= 4 is 17.8 Å². The molecule has 0 saturated carbocycles. The molecule has 0 aliphatic rings. The molecular formula is C26H46N4O4. The van der Waals surface area contributed by atoms with Gasteiger partial charge in [0.05, 0.1) is 12.9 Å². The van der Waals surface area contributed by atoms with Crippen LogP contribution in [0.4, 0.5) is 0 Å². The van der Waals surface area contributed by atoms with Gasteiger partial charge in [-0.15, -0.1) is 0 Å². The van der Waals surface area contributed by atoms with E-state index in [1.54, 1.807) is 0 Å². The van der Waals surface area contributed by atoms with Crippen LogP contribution in [0.25, 0.3) is 0 Å². The summed E-state index contributed by atoms with van der Waals surface area (Å²) < 4.78 is 0. The minimum atomic E-state index is -1.13. The largest absolute Gasteiger partial charge is 0.480 e. The van der Waals surface area contributed by atoms with E-state index in [4.69, 9.17) is 0 Å². The van der Waals surface area contributed by atoms with Crippen LogP contribution in [0, 0.1) is 5.92 Å². The van der Waals surface area contributed by atoms with Crippen LogP contribution in [0.15, 0.2) is 12.5 Å². The van der Waals surface area contributed by atoms with Gasteiger partial charge in [-0.3, -0.25) is 9.59 Å². The Hall–Kier alpha value is -2.38. The van der Waals surface area contributed by atoms with E-state index in [2.05, 4.69) is 34.4 Å². The Morgan fingerprint density at radius 1 is 0.912 bits per heavy atom. The lowest BCUT2D eigenvalue weighted by Crippen LogP contribution is -2.47. The lowest BCUT2D eigenvalue weighted by atomic mass is 9.93. The van der Waals surface area contributed by atoms with Crippen LogP contribution >= 0.6 is 0 Å². The summed E-state index contributed by atoms with van der Waals surface area (Å²) in [5, 5.41) is 14.6. The van der Waals surface area contributed by atoms with Gasteiger partial charge in [0, 0.05) is 24.2 Å². The van der Waals surface area contributed by atoms with Crippen molar-refractivity contribution in [2.45, 2.75) is 116 Å². The van der Waals surface area contributed by atoms with E-state index in [1.165, 1.54) is 63.9 Å². The summed E-state index contributed by atoms with van der Waals surface area (Å²) in [5.41, 5.74) is 0.620. The highest BCUT2D eigenvalue weighted by Gasteiger charge is 2.23. The molecule has 2 amide bonds. The number of hydrogen-bond donors (Lipinski definition) is 4. The van der Waals surface area contributed by atoms with Gasteiger partial charge in [-0.05, 0) is 12.8 Å². The average Bonchev–Trinajstić information content (AvgIpc) is 3.33. The summed E-state index contributed by atoms with van der Waals surface area (Å²) >= 11 is 0. The molecule has 0 spiro atoms. The van der Waals surface area contributed by atoms with Crippen LogP contribution in [-0.4, -0.2) is 45.4 Å². The van der Waals surface area contributed by atoms with E-state index in [1.807, 2.05) is 0 Å². The number of aliphatic carboxylic acids is 1. The zero-order chi connectivity index (χ0) is 25.0. The van der Waals surface area contributed by atoms with E-state index < -0.39 is 17.9 Å². The number of carbonyl (C=O) groups excluding carboxylic acids is 2. The molecule has 1 aromatic heterocycles. The third-order valence-electron chi connectivity index (χ3n) is 6.22. The Balaban J connectivity index is 2.46. The van der Waals surface area contributed by atoms with Crippen LogP contribution in [-0.2, 0) is 20.8 Å². The van der Waals surface area contributed by atoms with Gasteiger partial charge >= 0.3 is 5.97 Å². The van der Waals surface area contributed by atoms with Crippen LogP contribution in [0.1, 0.15) is 109 Å². The number of nitrogens with one attached hydrogen (secondary N) is 3. The summed E-state index contributed by atoms with van der Waals surface area (Å²) in [6.07, 6.45) is 19.0. The molecule has 0 radical (unpaired) electrons. The molecule has 0 aliphatic carbocycles. The maximum absolute atomic E-state index is 12.8. The Morgan fingerprint density at radius 2 is 1.47 bits per heavy atom. The number of amides is 2. The molecule has 1 rings (SSSR count). The molecule has 0 aromatic carbocycles. The highest BCUT2D eigenvalue weighted by Crippen LogP contribution is 2.19. The number of H-pyrrole nitrogens is 1. The van der Waals surface area contributed by atoms with Crippen LogP contribution in [0.5, 0.6) is 0 Å². The zero-order valence-electron chi connectivity index (χ0n) is 21.2. The van der Waals surface area contributed by atoms with E-state index in [0.29, 0.717) is 5.69 Å². The minimum absolute atomic E-state index is 0.0923. The molecule has 194 valence electrons. The molecule has 0 saturated heterocycles. The number of aromatic amines is 1. The second-order valence-corrected chi connectivity index (χ2v) is 9.27. The standard InChI is InChI=1S/C26H46N4O4/c1-3-5-7-9-10-12-14-16-21(15-13-11-8-6-4-2)25(32)28-19-24(31)30-23(26(33)34)17-22-18-27-20-29-22/h18,20-21,23H,3-17,19H2,1-2H3,(H,27,29)(H,28,32)(H,30,31)(H,33,34)/t21?,23-/m0/s1. The predicted octanol–water partition coefficient (Wildman–Crippen LogP) is 4.76. The number of carbonyl (C=O) groups is 3. The zero-order valence-corrected chi connectivity index (χ0v) is 21.2. The van der Waals surface area contributed by atoms with Gasteiger partial charge in [-0.25, -0.2) is 9.78 Å². The van der Waals surface area contributed by atoms with E-state index in [0.717, 1.165) is 38.5 Å². The fourth-order valence-corrected chi connectivity index (χ4v) is 4.12. The number of imidazole rings is 1. The van der Waals surface area contributed by atoms with E-state index in [-0.39, 0.29) is 24.8 Å². The highest BCUT2D eigenvalue weighted by molar-refractivity contribution is 5.88. The normalized spacial score (nSPS) is 12.8. The quantitative estimate of drug-likeness (QED) is 0.190. The van der Waals surface area contributed by atoms with Crippen molar-refractivity contribution < 1.29 is 19.5 Å².